The van der Waals surface area contributed by atoms with Gasteiger partial charge in [-0.3, -0.25) is 4.79 Å². The molecule has 1 aromatic rings. The summed E-state index contributed by atoms with van der Waals surface area (Å²) in [5.41, 5.74) is 6.24. The normalized spacial score (nSPS) is 11.7. The summed E-state index contributed by atoms with van der Waals surface area (Å²) in [7, 11) is 0. The first kappa shape index (κ1) is 12.2. The van der Waals surface area contributed by atoms with Crippen molar-refractivity contribution in [3.05, 3.63) is 21.9 Å². The van der Waals surface area contributed by atoms with E-state index in [0.717, 1.165) is 6.54 Å². The predicted octanol–water partition coefficient (Wildman–Crippen LogP) is 1.80. The number of nitrogens with two attached hydrogens (primary N) is 1. The molecule has 0 saturated heterocycles. The first-order valence-corrected chi connectivity index (χ1v) is 5.85. The van der Waals surface area contributed by atoms with Crippen LogP contribution in [0.4, 0.5) is 0 Å². The van der Waals surface area contributed by atoms with Gasteiger partial charge in [0.15, 0.2) is 0 Å². The van der Waals surface area contributed by atoms with Crippen molar-refractivity contribution >= 4 is 17.2 Å². The van der Waals surface area contributed by atoms with Crippen LogP contribution in [0.5, 0.6) is 0 Å². The van der Waals surface area contributed by atoms with Gasteiger partial charge < -0.3 is 11.1 Å². The van der Waals surface area contributed by atoms with Gasteiger partial charge in [-0.05, 0) is 37.8 Å². The molecule has 0 aromatic carbocycles. The Hall–Kier alpha value is -0.870. The topological polar surface area (TPSA) is 55.1 Å². The molecule has 1 aromatic heterocycles. The number of carbonyl (C=O) groups excluding carboxylic acids is 1. The third-order valence-electron chi connectivity index (χ3n) is 2.31. The lowest BCUT2D eigenvalue weighted by atomic mass is 10.0. The second kappa shape index (κ2) is 4.77. The average molecular weight is 226 g/mol. The quantitative estimate of drug-likeness (QED) is 0.804. The van der Waals surface area contributed by atoms with Crippen LogP contribution in [-0.4, -0.2) is 11.4 Å². The third-order valence-corrected chi connectivity index (χ3v) is 3.33. The predicted molar refractivity (Wildman–Crippen MR) is 63.8 cm³/mol. The molecule has 15 heavy (non-hydrogen) atoms. The van der Waals surface area contributed by atoms with E-state index in [4.69, 9.17) is 5.73 Å². The molecule has 0 bridgehead atoms. The fourth-order valence-corrected chi connectivity index (χ4v) is 2.25. The van der Waals surface area contributed by atoms with Gasteiger partial charge in [0.05, 0.1) is 0 Å². The van der Waals surface area contributed by atoms with E-state index in [2.05, 4.69) is 23.7 Å². The van der Waals surface area contributed by atoms with Crippen molar-refractivity contribution in [2.45, 2.75) is 39.3 Å². The summed E-state index contributed by atoms with van der Waals surface area (Å²) in [5.74, 6) is -0.268. The van der Waals surface area contributed by atoms with E-state index in [9.17, 15) is 4.79 Å². The monoisotopic (exact) mass is 226 g/mol. The first-order chi connectivity index (χ1) is 6.91. The van der Waals surface area contributed by atoms with Crippen LogP contribution in [0, 0.1) is 6.92 Å². The Bertz CT molecular complexity index is 344. The van der Waals surface area contributed by atoms with Crippen LogP contribution in [0.3, 0.4) is 0 Å². The fraction of sp³-hybridized carbons (Fsp3) is 0.545. The van der Waals surface area contributed by atoms with Crippen molar-refractivity contribution < 1.29 is 4.79 Å². The SMILES string of the molecule is Cc1ccsc1CNC(C)(C)CC(N)=O. The molecule has 1 heterocycles. The van der Waals surface area contributed by atoms with Gasteiger partial charge in [-0.15, -0.1) is 11.3 Å². The highest BCUT2D eigenvalue weighted by atomic mass is 32.1. The molecule has 0 aliphatic heterocycles. The Morgan fingerprint density at radius 1 is 1.60 bits per heavy atom. The zero-order valence-corrected chi connectivity index (χ0v) is 10.3. The molecule has 0 unspecified atom stereocenters. The molecular weight excluding hydrogens is 208 g/mol. The minimum atomic E-state index is -0.268. The van der Waals surface area contributed by atoms with Gasteiger partial charge >= 0.3 is 0 Å². The van der Waals surface area contributed by atoms with Crippen LogP contribution in [0.15, 0.2) is 11.4 Å². The molecule has 3 N–H and O–H groups in total. The van der Waals surface area contributed by atoms with Gasteiger partial charge in [0.25, 0.3) is 0 Å². The number of rotatable bonds is 5. The summed E-state index contributed by atoms with van der Waals surface area (Å²) in [5, 5.41) is 5.42. The highest BCUT2D eigenvalue weighted by molar-refractivity contribution is 7.10. The molecule has 84 valence electrons. The molecule has 0 radical (unpaired) electrons. The van der Waals surface area contributed by atoms with Crippen molar-refractivity contribution in [2.24, 2.45) is 5.73 Å². The van der Waals surface area contributed by atoms with Crippen molar-refractivity contribution in [2.75, 3.05) is 0 Å². The highest BCUT2D eigenvalue weighted by Crippen LogP contribution is 2.17. The third kappa shape index (κ3) is 4.01. The maximum Gasteiger partial charge on any atom is 0.219 e. The number of hydrogen-bond acceptors (Lipinski definition) is 3. The van der Waals surface area contributed by atoms with Gasteiger partial charge in [0, 0.05) is 23.4 Å². The van der Waals surface area contributed by atoms with E-state index < -0.39 is 0 Å². The summed E-state index contributed by atoms with van der Waals surface area (Å²) in [6, 6.07) is 2.10. The van der Waals surface area contributed by atoms with E-state index in [-0.39, 0.29) is 11.4 Å². The van der Waals surface area contributed by atoms with Crippen molar-refractivity contribution in [3.8, 4) is 0 Å². The van der Waals surface area contributed by atoms with Crippen LogP contribution in [-0.2, 0) is 11.3 Å². The maximum atomic E-state index is 10.8. The molecule has 0 fully saturated rings. The first-order valence-electron chi connectivity index (χ1n) is 4.97. The Kier molecular flexibility index (Phi) is 3.88. The van der Waals surface area contributed by atoms with Gasteiger partial charge in [-0.1, -0.05) is 0 Å². The second-order valence-electron chi connectivity index (χ2n) is 4.41. The molecule has 1 amide bonds. The summed E-state index contributed by atoms with van der Waals surface area (Å²) in [4.78, 5) is 12.1. The van der Waals surface area contributed by atoms with E-state index in [1.165, 1.54) is 10.4 Å². The number of carbonyl (C=O) groups is 1. The van der Waals surface area contributed by atoms with Crippen molar-refractivity contribution in [3.63, 3.8) is 0 Å². The van der Waals surface area contributed by atoms with Gasteiger partial charge in [-0.25, -0.2) is 0 Å². The zero-order valence-electron chi connectivity index (χ0n) is 9.46. The van der Waals surface area contributed by atoms with E-state index >= 15 is 0 Å². The number of hydrogen-bond donors (Lipinski definition) is 2. The number of nitrogens with one attached hydrogen (secondary N) is 1. The Labute approximate surface area is 94.7 Å². The molecule has 0 atom stereocenters. The maximum absolute atomic E-state index is 10.8. The molecule has 0 aliphatic carbocycles. The van der Waals surface area contributed by atoms with E-state index in [1.807, 2.05) is 13.8 Å². The Morgan fingerprint density at radius 3 is 2.73 bits per heavy atom. The van der Waals surface area contributed by atoms with Crippen LogP contribution in [0.1, 0.15) is 30.7 Å². The van der Waals surface area contributed by atoms with Crippen LogP contribution in [0.2, 0.25) is 0 Å². The summed E-state index contributed by atoms with van der Waals surface area (Å²) < 4.78 is 0. The second-order valence-corrected chi connectivity index (χ2v) is 5.41. The van der Waals surface area contributed by atoms with Crippen molar-refractivity contribution in [1.29, 1.82) is 0 Å². The lowest BCUT2D eigenvalue weighted by Gasteiger charge is -2.24. The standard InChI is InChI=1S/C11H18N2OS/c1-8-4-5-15-9(8)7-13-11(2,3)6-10(12)14/h4-5,13H,6-7H2,1-3H3,(H2,12,14). The molecule has 0 saturated carbocycles. The summed E-state index contributed by atoms with van der Waals surface area (Å²) >= 11 is 1.73. The summed E-state index contributed by atoms with van der Waals surface area (Å²) in [6.07, 6.45) is 0.359. The molecule has 4 heteroatoms. The summed E-state index contributed by atoms with van der Waals surface area (Å²) in [6.45, 7) is 6.86. The molecular formula is C11H18N2OS. The fourth-order valence-electron chi connectivity index (χ4n) is 1.40. The van der Waals surface area contributed by atoms with Gasteiger partial charge in [-0.2, -0.15) is 0 Å². The number of amides is 1. The minimum Gasteiger partial charge on any atom is -0.370 e. The van der Waals surface area contributed by atoms with E-state index in [1.54, 1.807) is 11.3 Å². The largest absolute Gasteiger partial charge is 0.370 e. The minimum absolute atomic E-state index is 0.234. The van der Waals surface area contributed by atoms with Crippen LogP contribution >= 0.6 is 11.3 Å². The zero-order chi connectivity index (χ0) is 11.5. The molecule has 3 nitrogen and oxygen atoms in total. The van der Waals surface area contributed by atoms with E-state index in [0.29, 0.717) is 6.42 Å². The van der Waals surface area contributed by atoms with Gasteiger partial charge in [0.2, 0.25) is 5.91 Å². The lowest BCUT2D eigenvalue weighted by Crippen LogP contribution is -2.42. The number of thiophene rings is 1. The van der Waals surface area contributed by atoms with Gasteiger partial charge in [0.1, 0.15) is 0 Å². The van der Waals surface area contributed by atoms with Crippen LogP contribution in [0.25, 0.3) is 0 Å². The number of primary amides is 1. The van der Waals surface area contributed by atoms with Crippen molar-refractivity contribution in [1.82, 2.24) is 5.32 Å². The number of aryl methyl sites for hydroxylation is 1. The molecule has 0 aliphatic rings. The molecule has 0 spiro atoms. The molecule has 1 rings (SSSR count). The Balaban J connectivity index is 2.49. The van der Waals surface area contributed by atoms with Crippen LogP contribution < -0.4 is 11.1 Å². The lowest BCUT2D eigenvalue weighted by molar-refractivity contribution is -0.119. The highest BCUT2D eigenvalue weighted by Gasteiger charge is 2.19. The Morgan fingerprint density at radius 2 is 2.27 bits per heavy atom. The smallest absolute Gasteiger partial charge is 0.219 e. The average Bonchev–Trinajstić information content (AvgIpc) is 2.45.